The zero-order valence-corrected chi connectivity index (χ0v) is 26.5. The third-order valence-electron chi connectivity index (χ3n) is 8.45. The highest BCUT2D eigenvalue weighted by atomic mass is 19.2. The predicted octanol–water partition coefficient (Wildman–Crippen LogP) is 9.01. The Hall–Kier alpha value is -4.85. The van der Waals surface area contributed by atoms with E-state index < -0.39 is 14.8 Å². The fraction of sp³-hybridized carbons (Fsp3) is 0.167. The summed E-state index contributed by atoms with van der Waals surface area (Å²) >= 11 is 0. The summed E-state index contributed by atoms with van der Waals surface area (Å²) in [6, 6.07) is 13.1. The van der Waals surface area contributed by atoms with E-state index in [0.29, 0.717) is 45.1 Å². The van der Waals surface area contributed by atoms with E-state index in [4.69, 9.17) is 4.99 Å². The van der Waals surface area contributed by atoms with Gasteiger partial charge in [0.1, 0.15) is 0 Å². The Morgan fingerprint density at radius 2 is 1.24 bits per heavy atom. The van der Waals surface area contributed by atoms with Crippen LogP contribution in [0.5, 0.6) is 0 Å². The molecule has 0 atom stereocenters. The van der Waals surface area contributed by atoms with Gasteiger partial charge in [0.05, 0.1) is 11.4 Å². The molecule has 0 N–H and O–H groups in total. The highest BCUT2D eigenvalue weighted by molar-refractivity contribution is 6.42. The summed E-state index contributed by atoms with van der Waals surface area (Å²) in [6.07, 6.45) is 11.4. The standard InChI is InChI=1S/C36H32B2F4N4/c1-21-13-23(3)33(24(4)14-21)35(29-9-7-11-43-29)32-18-28(20-46(32)38(41)42)27-17-30(44-19-27)36(31-10-8-12-45(31)37(39)40)34-25(5)15-22(2)16-26(34)6/h7-20H,1-6H3/b35-29-,36-30-. The van der Waals surface area contributed by atoms with Crippen LogP contribution in [0.25, 0.3) is 16.7 Å². The average Bonchev–Trinajstić information content (AvgIpc) is 3.79. The Kier molecular flexibility index (Phi) is 8.23. The minimum atomic E-state index is -2.82. The first kappa shape index (κ1) is 31.1. The molecule has 2 aliphatic rings. The largest absolute Gasteiger partial charge is 0.677 e. The van der Waals surface area contributed by atoms with Crippen LogP contribution in [0.2, 0.25) is 0 Å². The van der Waals surface area contributed by atoms with Crippen LogP contribution in [0.3, 0.4) is 0 Å². The van der Waals surface area contributed by atoms with Crippen LogP contribution in [-0.4, -0.2) is 36.2 Å². The monoisotopic (exact) mass is 618 g/mol. The van der Waals surface area contributed by atoms with Crippen LogP contribution in [-0.2, 0) is 0 Å². The molecular weight excluding hydrogens is 586 g/mol. The minimum absolute atomic E-state index is 0.322. The van der Waals surface area contributed by atoms with Crippen molar-refractivity contribution >= 4 is 44.0 Å². The van der Waals surface area contributed by atoms with Gasteiger partial charge in [-0.1, -0.05) is 35.4 Å². The molecule has 46 heavy (non-hydrogen) atoms. The maximum atomic E-state index is 14.8. The summed E-state index contributed by atoms with van der Waals surface area (Å²) in [5.41, 5.74) is 11.6. The van der Waals surface area contributed by atoms with Gasteiger partial charge >= 0.3 is 14.8 Å². The van der Waals surface area contributed by atoms with Crippen molar-refractivity contribution in [2.45, 2.75) is 41.5 Å². The molecule has 4 aromatic rings. The molecule has 0 unspecified atom stereocenters. The van der Waals surface area contributed by atoms with Crippen molar-refractivity contribution in [1.82, 2.24) is 8.96 Å². The highest BCUT2D eigenvalue weighted by Crippen LogP contribution is 2.40. The molecule has 4 nitrogen and oxygen atoms in total. The maximum Gasteiger partial charge on any atom is 0.677 e. The number of hydrogen-bond donors (Lipinski definition) is 0. The van der Waals surface area contributed by atoms with Gasteiger partial charge in [0.25, 0.3) is 0 Å². The second-order valence-corrected chi connectivity index (χ2v) is 11.9. The Morgan fingerprint density at radius 3 is 1.76 bits per heavy atom. The van der Waals surface area contributed by atoms with E-state index in [1.807, 2.05) is 71.9 Å². The van der Waals surface area contributed by atoms with Gasteiger partial charge in [-0.15, -0.1) is 0 Å². The summed E-state index contributed by atoms with van der Waals surface area (Å²) in [7, 11) is -5.58. The molecule has 0 fully saturated rings. The van der Waals surface area contributed by atoms with Gasteiger partial charge in [-0.2, -0.15) is 0 Å². The predicted molar refractivity (Wildman–Crippen MR) is 183 cm³/mol. The Balaban J connectivity index is 1.57. The first-order valence-electron chi connectivity index (χ1n) is 15.0. The smallest absolute Gasteiger partial charge is 0.332 e. The molecule has 2 aromatic heterocycles. The number of halogens is 4. The van der Waals surface area contributed by atoms with E-state index in [2.05, 4.69) is 4.99 Å². The molecule has 230 valence electrons. The van der Waals surface area contributed by atoms with Crippen LogP contribution in [0.15, 0.2) is 94.5 Å². The first-order chi connectivity index (χ1) is 21.9. The van der Waals surface area contributed by atoms with Crippen LogP contribution in [0, 0.1) is 41.5 Å². The second kappa shape index (κ2) is 12.2. The SMILES string of the molecule is Cc1cc(C)c(/C(=C2/C=C(c3cc(/C(=C4\C=CC=N4)c4c(C)cc(C)cc4C)n(B(F)F)c3)C=N2)c2cccn2B(F)F)c(C)c1. The van der Waals surface area contributed by atoms with Gasteiger partial charge in [0.15, 0.2) is 0 Å². The quantitative estimate of drug-likeness (QED) is 0.146. The molecule has 2 aliphatic heterocycles. The normalized spacial score (nSPS) is 16.0. The lowest BCUT2D eigenvalue weighted by Gasteiger charge is -2.18. The molecule has 2 aromatic carbocycles. The van der Waals surface area contributed by atoms with E-state index >= 15 is 0 Å². The van der Waals surface area contributed by atoms with E-state index in [9.17, 15) is 17.3 Å². The lowest BCUT2D eigenvalue weighted by Crippen LogP contribution is -2.16. The first-order valence-corrected chi connectivity index (χ1v) is 15.0. The number of rotatable bonds is 7. The molecule has 0 spiro atoms. The fourth-order valence-corrected chi connectivity index (χ4v) is 6.80. The lowest BCUT2D eigenvalue weighted by atomic mass is 9.89. The van der Waals surface area contributed by atoms with Crippen LogP contribution in [0.1, 0.15) is 61.5 Å². The fourth-order valence-electron chi connectivity index (χ4n) is 6.80. The minimum Gasteiger partial charge on any atom is -0.332 e. The van der Waals surface area contributed by atoms with Gasteiger partial charge < -0.3 is 8.96 Å². The zero-order valence-electron chi connectivity index (χ0n) is 26.5. The van der Waals surface area contributed by atoms with E-state index in [0.717, 1.165) is 53.5 Å². The van der Waals surface area contributed by atoms with Crippen molar-refractivity contribution in [3.05, 3.63) is 146 Å². The number of hydrogen-bond acceptors (Lipinski definition) is 2. The third kappa shape index (κ3) is 5.57. The number of allylic oxidation sites excluding steroid dienone is 4. The van der Waals surface area contributed by atoms with Crippen molar-refractivity contribution in [2.24, 2.45) is 9.98 Å². The summed E-state index contributed by atoms with van der Waals surface area (Å²) in [4.78, 5) is 9.21. The molecule has 0 aliphatic carbocycles. The van der Waals surface area contributed by atoms with Crippen molar-refractivity contribution in [3.63, 3.8) is 0 Å². The number of aromatic nitrogens is 2. The van der Waals surface area contributed by atoms with E-state index in [1.165, 1.54) is 12.4 Å². The highest BCUT2D eigenvalue weighted by Gasteiger charge is 2.29. The number of aliphatic imine (C=N–C) groups is 2. The second-order valence-electron chi connectivity index (χ2n) is 11.9. The molecule has 0 bridgehead atoms. The summed E-state index contributed by atoms with van der Waals surface area (Å²) in [5, 5.41) is 0. The molecule has 10 heteroatoms. The molecule has 4 heterocycles. The van der Waals surface area contributed by atoms with Crippen LogP contribution >= 0.6 is 0 Å². The third-order valence-corrected chi connectivity index (χ3v) is 8.45. The van der Waals surface area contributed by atoms with Gasteiger partial charge in [-0.25, -0.2) is 0 Å². The number of nitrogens with zero attached hydrogens (tertiary/aromatic N) is 4. The molecule has 0 saturated carbocycles. The van der Waals surface area contributed by atoms with Gasteiger partial charge in [-0.05, 0) is 118 Å². The average molecular weight is 618 g/mol. The Morgan fingerprint density at radius 1 is 0.674 bits per heavy atom. The molecule has 0 saturated heterocycles. The zero-order chi connectivity index (χ0) is 32.9. The topological polar surface area (TPSA) is 34.6 Å². The molecule has 0 amide bonds. The van der Waals surface area contributed by atoms with E-state index in [-0.39, 0.29) is 0 Å². The molecule has 0 radical (unpaired) electrons. The summed E-state index contributed by atoms with van der Waals surface area (Å²) < 4.78 is 59.7. The molecule has 6 rings (SSSR count). The van der Waals surface area contributed by atoms with Crippen molar-refractivity contribution in [1.29, 1.82) is 0 Å². The maximum absolute atomic E-state index is 14.8. The van der Waals surface area contributed by atoms with Crippen molar-refractivity contribution < 1.29 is 17.3 Å². The summed E-state index contributed by atoms with van der Waals surface area (Å²) in [6.45, 7) is 11.9. The van der Waals surface area contributed by atoms with E-state index in [1.54, 1.807) is 42.8 Å². The number of benzene rings is 2. The number of aryl methyl sites for hydroxylation is 6. The lowest BCUT2D eigenvalue weighted by molar-refractivity contribution is 0.627. The van der Waals surface area contributed by atoms with Crippen LogP contribution in [0.4, 0.5) is 17.3 Å². The van der Waals surface area contributed by atoms with Crippen molar-refractivity contribution in [3.8, 4) is 0 Å². The molecular formula is C36H32B2F4N4. The summed E-state index contributed by atoms with van der Waals surface area (Å²) in [5.74, 6) is 0. The Bertz CT molecular complexity index is 2010. The van der Waals surface area contributed by atoms with Gasteiger partial charge in [0.2, 0.25) is 0 Å². The van der Waals surface area contributed by atoms with Gasteiger partial charge in [-0.3, -0.25) is 27.2 Å². The van der Waals surface area contributed by atoms with Crippen molar-refractivity contribution in [2.75, 3.05) is 0 Å². The Labute approximate surface area is 267 Å². The van der Waals surface area contributed by atoms with Crippen LogP contribution < -0.4 is 0 Å². The van der Waals surface area contributed by atoms with Gasteiger partial charge in [0, 0.05) is 52.3 Å².